The van der Waals surface area contributed by atoms with Gasteiger partial charge < -0.3 is 5.11 Å². The monoisotopic (exact) mass is 283 g/mol. The van der Waals surface area contributed by atoms with Gasteiger partial charge in [0.1, 0.15) is 0 Å². The molecule has 20 heavy (non-hydrogen) atoms. The van der Waals surface area contributed by atoms with Crippen molar-refractivity contribution in [1.29, 1.82) is 0 Å². The lowest BCUT2D eigenvalue weighted by Gasteiger charge is -2.10. The summed E-state index contributed by atoms with van der Waals surface area (Å²) < 4.78 is 38.1. The van der Waals surface area contributed by atoms with E-state index in [1.165, 1.54) is 6.07 Å². The van der Waals surface area contributed by atoms with Crippen LogP contribution in [0.1, 0.15) is 27.9 Å². The van der Waals surface area contributed by atoms with Crippen LogP contribution in [-0.2, 0) is 6.18 Å². The number of azide groups is 1. The van der Waals surface area contributed by atoms with Gasteiger partial charge in [-0.05, 0) is 23.7 Å². The van der Waals surface area contributed by atoms with Crippen molar-refractivity contribution in [1.82, 2.24) is 0 Å². The molecule has 0 aliphatic heterocycles. The van der Waals surface area contributed by atoms with Crippen molar-refractivity contribution in [3.63, 3.8) is 0 Å². The first kappa shape index (κ1) is 15.4. The van der Waals surface area contributed by atoms with E-state index < -0.39 is 23.3 Å². The van der Waals surface area contributed by atoms with Crippen LogP contribution >= 0.6 is 0 Å². The van der Waals surface area contributed by atoms with Gasteiger partial charge in [-0.15, -0.1) is 0 Å². The Morgan fingerprint density at radius 1 is 1.45 bits per heavy atom. The van der Waals surface area contributed by atoms with Gasteiger partial charge in [0.05, 0.1) is 11.1 Å². The zero-order valence-electron chi connectivity index (χ0n) is 9.98. The van der Waals surface area contributed by atoms with E-state index in [9.17, 15) is 18.0 Å². The molecule has 1 aromatic carbocycles. The molecule has 0 aromatic heterocycles. The normalized spacial score (nSPS) is 10.2. The topological polar surface area (TPSA) is 86.1 Å². The third-order valence-electron chi connectivity index (χ3n) is 2.19. The fourth-order valence-corrected chi connectivity index (χ4v) is 1.36. The van der Waals surface area contributed by atoms with Crippen LogP contribution < -0.4 is 0 Å². The largest absolute Gasteiger partial charge is 0.478 e. The van der Waals surface area contributed by atoms with Crippen LogP contribution in [0.3, 0.4) is 0 Å². The fourth-order valence-electron chi connectivity index (χ4n) is 1.36. The highest BCUT2D eigenvalue weighted by atomic mass is 19.4. The van der Waals surface area contributed by atoms with Crippen molar-refractivity contribution in [2.75, 3.05) is 6.54 Å². The minimum Gasteiger partial charge on any atom is -0.478 e. The number of nitrogens with zero attached hydrogens (tertiary/aromatic N) is 3. The average Bonchev–Trinajstić information content (AvgIpc) is 2.37. The number of hydrogen-bond donors (Lipinski definition) is 1. The number of aromatic carboxylic acids is 1. The minimum atomic E-state index is -4.77. The number of hydrogen-bond acceptors (Lipinski definition) is 2. The molecule has 0 heterocycles. The molecule has 1 aromatic rings. The second-order valence-electron chi connectivity index (χ2n) is 3.57. The Labute approximate surface area is 111 Å². The lowest BCUT2D eigenvalue weighted by Crippen LogP contribution is -2.13. The maximum Gasteiger partial charge on any atom is 0.417 e. The zero-order chi connectivity index (χ0) is 15.2. The van der Waals surface area contributed by atoms with Crippen LogP contribution in [0.2, 0.25) is 0 Å². The summed E-state index contributed by atoms with van der Waals surface area (Å²) in [4.78, 5) is 13.2. The standard InChI is InChI=1S/C12H8F3N3O2/c13-12(14,15)10-7-8(3-1-2-6-17-18-16)4-5-9(10)11(19)20/h4-5,7H,2,6H2,(H,19,20). The summed E-state index contributed by atoms with van der Waals surface area (Å²) in [5, 5.41) is 11.9. The van der Waals surface area contributed by atoms with Crippen molar-refractivity contribution in [3.05, 3.63) is 45.3 Å². The number of carboxylic acids is 1. The number of halogens is 3. The third-order valence-corrected chi connectivity index (χ3v) is 2.19. The molecule has 8 heteroatoms. The smallest absolute Gasteiger partial charge is 0.417 e. The molecule has 0 aliphatic carbocycles. The van der Waals surface area contributed by atoms with E-state index in [2.05, 4.69) is 21.9 Å². The van der Waals surface area contributed by atoms with E-state index >= 15 is 0 Å². The lowest BCUT2D eigenvalue weighted by molar-refractivity contribution is -0.138. The second-order valence-corrected chi connectivity index (χ2v) is 3.57. The Bertz CT molecular complexity index is 623. The van der Waals surface area contributed by atoms with Crippen LogP contribution in [0.4, 0.5) is 13.2 Å². The van der Waals surface area contributed by atoms with E-state index in [-0.39, 0.29) is 18.5 Å². The van der Waals surface area contributed by atoms with Crippen LogP contribution in [0.5, 0.6) is 0 Å². The molecule has 0 saturated heterocycles. The molecule has 0 saturated carbocycles. The summed E-state index contributed by atoms with van der Waals surface area (Å²) >= 11 is 0. The van der Waals surface area contributed by atoms with Gasteiger partial charge in [0.2, 0.25) is 0 Å². The highest BCUT2D eigenvalue weighted by molar-refractivity contribution is 5.89. The molecule has 0 fully saturated rings. The Morgan fingerprint density at radius 2 is 2.15 bits per heavy atom. The first-order valence-electron chi connectivity index (χ1n) is 5.30. The molecule has 5 nitrogen and oxygen atoms in total. The molecular formula is C12H8F3N3O2. The van der Waals surface area contributed by atoms with Crippen molar-refractivity contribution in [2.24, 2.45) is 5.11 Å². The van der Waals surface area contributed by atoms with Crippen LogP contribution in [0, 0.1) is 11.8 Å². The molecule has 1 N–H and O–H groups in total. The quantitative estimate of drug-likeness (QED) is 0.303. The molecular weight excluding hydrogens is 275 g/mol. The molecule has 0 atom stereocenters. The van der Waals surface area contributed by atoms with Crippen LogP contribution in [0.25, 0.3) is 10.4 Å². The van der Waals surface area contributed by atoms with E-state index in [0.717, 1.165) is 6.07 Å². The Kier molecular flexibility index (Phi) is 5.01. The third kappa shape index (κ3) is 4.23. The molecule has 0 aliphatic rings. The number of carbonyl (C=O) groups is 1. The summed E-state index contributed by atoms with van der Waals surface area (Å²) in [6.07, 6.45) is -4.57. The average molecular weight is 283 g/mol. The van der Waals surface area contributed by atoms with E-state index in [1.54, 1.807) is 0 Å². The number of carboxylic acid groups (broad SMARTS) is 1. The van der Waals surface area contributed by atoms with Gasteiger partial charge in [-0.2, -0.15) is 13.2 Å². The van der Waals surface area contributed by atoms with Crippen LogP contribution in [-0.4, -0.2) is 17.6 Å². The fraction of sp³-hybridized carbons (Fsp3) is 0.250. The van der Waals surface area contributed by atoms with Crippen molar-refractivity contribution in [2.45, 2.75) is 12.6 Å². The SMILES string of the molecule is [N-]=[N+]=NCCC#Cc1ccc(C(=O)O)c(C(F)(F)F)c1. The number of alkyl halides is 3. The highest BCUT2D eigenvalue weighted by Crippen LogP contribution is 2.32. The predicted molar refractivity (Wildman–Crippen MR) is 63.9 cm³/mol. The summed E-state index contributed by atoms with van der Waals surface area (Å²) in [5.74, 6) is 3.34. The van der Waals surface area contributed by atoms with Gasteiger partial charge >= 0.3 is 12.1 Å². The Hall–Kier alpha value is -2.65. The second kappa shape index (κ2) is 6.50. The molecule has 1 rings (SSSR count). The van der Waals surface area contributed by atoms with Gasteiger partial charge in [-0.25, -0.2) is 4.79 Å². The van der Waals surface area contributed by atoms with E-state index in [1.807, 2.05) is 0 Å². The first-order chi connectivity index (χ1) is 9.36. The predicted octanol–water partition coefficient (Wildman–Crippen LogP) is 3.46. The number of rotatable bonds is 3. The molecule has 0 radical (unpaired) electrons. The molecule has 0 spiro atoms. The summed E-state index contributed by atoms with van der Waals surface area (Å²) in [7, 11) is 0. The van der Waals surface area contributed by atoms with Gasteiger partial charge in [0, 0.05) is 23.4 Å². The zero-order valence-corrected chi connectivity index (χ0v) is 9.98. The summed E-state index contributed by atoms with van der Waals surface area (Å²) in [5.41, 5.74) is 6.00. The van der Waals surface area contributed by atoms with Crippen molar-refractivity contribution in [3.8, 4) is 11.8 Å². The minimum absolute atomic E-state index is 0.0447. The summed E-state index contributed by atoms with van der Waals surface area (Å²) in [6, 6.07) is 2.74. The van der Waals surface area contributed by atoms with Gasteiger partial charge in [0.25, 0.3) is 0 Å². The molecule has 0 amide bonds. The maximum absolute atomic E-state index is 12.7. The molecule has 104 valence electrons. The van der Waals surface area contributed by atoms with Crippen molar-refractivity contribution < 1.29 is 23.1 Å². The van der Waals surface area contributed by atoms with Crippen molar-refractivity contribution >= 4 is 5.97 Å². The Balaban J connectivity index is 3.07. The van der Waals surface area contributed by atoms with Gasteiger partial charge in [0.15, 0.2) is 0 Å². The lowest BCUT2D eigenvalue weighted by atomic mass is 10.0. The molecule has 0 unspecified atom stereocenters. The summed E-state index contributed by atoms with van der Waals surface area (Å²) in [6.45, 7) is 0.114. The van der Waals surface area contributed by atoms with Crippen LogP contribution in [0.15, 0.2) is 23.3 Å². The van der Waals surface area contributed by atoms with E-state index in [4.69, 9.17) is 10.6 Å². The highest BCUT2D eigenvalue weighted by Gasteiger charge is 2.35. The first-order valence-corrected chi connectivity index (χ1v) is 5.30. The van der Waals surface area contributed by atoms with E-state index in [0.29, 0.717) is 6.07 Å². The Morgan fingerprint density at radius 3 is 2.70 bits per heavy atom. The van der Waals surface area contributed by atoms with Gasteiger partial charge in [-0.3, -0.25) is 0 Å². The number of benzene rings is 1. The van der Waals surface area contributed by atoms with Gasteiger partial charge in [-0.1, -0.05) is 17.0 Å². The maximum atomic E-state index is 12.7. The molecule has 0 bridgehead atoms.